The van der Waals surface area contributed by atoms with Crippen molar-refractivity contribution in [3.8, 4) is 12.3 Å². The Labute approximate surface area is 153 Å². The molecule has 0 aromatic heterocycles. The van der Waals surface area contributed by atoms with Crippen molar-refractivity contribution in [1.82, 2.24) is 0 Å². The summed E-state index contributed by atoms with van der Waals surface area (Å²) in [5.74, 6) is 2.63. The van der Waals surface area contributed by atoms with Gasteiger partial charge in [-0.1, -0.05) is 44.4 Å². The minimum Gasteiger partial charge on any atom is -0.336 e. The molecule has 0 aliphatic rings. The van der Waals surface area contributed by atoms with E-state index in [1.807, 2.05) is 26.8 Å². The molecule has 0 saturated heterocycles. The predicted octanol–water partition coefficient (Wildman–Crippen LogP) is 4.77. The van der Waals surface area contributed by atoms with Gasteiger partial charge >= 0.3 is 0 Å². The van der Waals surface area contributed by atoms with Crippen molar-refractivity contribution < 1.29 is 4.79 Å². The van der Waals surface area contributed by atoms with Crippen molar-refractivity contribution in [2.45, 2.75) is 20.8 Å². The van der Waals surface area contributed by atoms with E-state index < -0.39 is 5.41 Å². The number of hydrogen-bond acceptors (Lipinski definition) is 3. The Bertz CT molecular complexity index is 827. The minimum atomic E-state index is -0.584. The summed E-state index contributed by atoms with van der Waals surface area (Å²) in [7, 11) is 0. The number of hydrazone groups is 1. The van der Waals surface area contributed by atoms with Crippen molar-refractivity contribution in [1.29, 1.82) is 0 Å². The number of hydrogen-bond donors (Lipinski definition) is 2. The van der Waals surface area contributed by atoms with Gasteiger partial charge in [-0.2, -0.15) is 5.10 Å². The highest BCUT2D eigenvalue weighted by Gasteiger charge is 2.27. The number of halogens is 1. The molecule has 25 heavy (non-hydrogen) atoms. The van der Waals surface area contributed by atoms with Crippen LogP contribution in [0.3, 0.4) is 0 Å². The molecule has 0 aliphatic carbocycles. The normalized spacial score (nSPS) is 11.6. The molecule has 0 amide bonds. The third-order valence-corrected chi connectivity index (χ3v) is 3.57. The number of carbonyl (C=O) groups excluding carboxylic acids is 1. The van der Waals surface area contributed by atoms with E-state index in [2.05, 4.69) is 21.8 Å². The average molecular weight is 354 g/mol. The smallest absolute Gasteiger partial charge is 0.205 e. The lowest BCUT2D eigenvalue weighted by molar-refractivity contribution is -0.119. The minimum absolute atomic E-state index is 0.125. The number of ketones is 1. The summed E-state index contributed by atoms with van der Waals surface area (Å²) in [5, 5.41) is 7.87. The van der Waals surface area contributed by atoms with Crippen LogP contribution in [0.25, 0.3) is 0 Å². The van der Waals surface area contributed by atoms with Gasteiger partial charge in [0.25, 0.3) is 0 Å². The van der Waals surface area contributed by atoms with Crippen LogP contribution >= 0.6 is 11.6 Å². The van der Waals surface area contributed by atoms with Gasteiger partial charge in [0, 0.05) is 21.7 Å². The van der Waals surface area contributed by atoms with Crippen LogP contribution in [0.15, 0.2) is 53.6 Å². The average Bonchev–Trinajstić information content (AvgIpc) is 2.57. The van der Waals surface area contributed by atoms with Crippen LogP contribution in [-0.2, 0) is 4.79 Å². The first-order chi connectivity index (χ1) is 11.8. The maximum Gasteiger partial charge on any atom is 0.205 e. The van der Waals surface area contributed by atoms with Crippen LogP contribution in [0.5, 0.6) is 0 Å². The first kappa shape index (κ1) is 18.6. The highest BCUT2D eigenvalue weighted by atomic mass is 35.5. The molecule has 2 N–H and O–H groups in total. The maximum absolute atomic E-state index is 12.7. The molecule has 0 unspecified atom stereocenters. The van der Waals surface area contributed by atoms with Gasteiger partial charge in [0.15, 0.2) is 5.84 Å². The number of anilines is 2. The molecule has 2 aromatic rings. The molecule has 128 valence electrons. The molecular weight excluding hydrogens is 334 g/mol. The highest BCUT2D eigenvalue weighted by Crippen LogP contribution is 2.19. The lowest BCUT2D eigenvalue weighted by Gasteiger charge is -2.19. The second-order valence-corrected chi connectivity index (χ2v) is 6.94. The Balaban J connectivity index is 2.26. The van der Waals surface area contributed by atoms with E-state index in [1.54, 1.807) is 42.5 Å². The third-order valence-electron chi connectivity index (χ3n) is 3.33. The molecule has 2 rings (SSSR count). The summed E-state index contributed by atoms with van der Waals surface area (Å²) in [4.78, 5) is 12.7. The zero-order valence-electron chi connectivity index (χ0n) is 14.4. The van der Waals surface area contributed by atoms with E-state index in [1.165, 1.54) is 0 Å². The molecule has 0 bridgehead atoms. The highest BCUT2D eigenvalue weighted by molar-refractivity contribution is 6.45. The largest absolute Gasteiger partial charge is 0.336 e. The number of nitrogens with one attached hydrogen (secondary N) is 2. The Morgan fingerprint density at radius 1 is 1.12 bits per heavy atom. The molecule has 5 heteroatoms. The molecule has 0 saturated carbocycles. The maximum atomic E-state index is 12.7. The van der Waals surface area contributed by atoms with Gasteiger partial charge < -0.3 is 5.32 Å². The van der Waals surface area contributed by atoms with Crippen LogP contribution in [-0.4, -0.2) is 11.6 Å². The van der Waals surface area contributed by atoms with Crippen molar-refractivity contribution in [2.24, 2.45) is 10.5 Å². The lowest BCUT2D eigenvalue weighted by Crippen LogP contribution is -2.34. The van der Waals surface area contributed by atoms with Gasteiger partial charge in [-0.05, 0) is 42.5 Å². The van der Waals surface area contributed by atoms with E-state index >= 15 is 0 Å². The number of rotatable bonds is 4. The van der Waals surface area contributed by atoms with E-state index in [4.69, 9.17) is 18.0 Å². The summed E-state index contributed by atoms with van der Waals surface area (Å²) in [6.45, 7) is 5.52. The van der Waals surface area contributed by atoms with E-state index in [0.717, 1.165) is 11.3 Å². The number of terminal acetylenes is 1. The lowest BCUT2D eigenvalue weighted by atomic mass is 9.90. The fourth-order valence-electron chi connectivity index (χ4n) is 1.96. The van der Waals surface area contributed by atoms with Crippen molar-refractivity contribution >= 4 is 34.6 Å². The summed E-state index contributed by atoms with van der Waals surface area (Å²) in [5.41, 5.74) is 4.49. The standard InChI is InChI=1S/C20H20ClN3O/c1-5-14-9-11-16(12-10-14)23-24-19(18(25)20(2,3)4)22-17-8-6-7-15(21)13-17/h1,6-13,23H,2-4H3,(H,22,24). The summed E-state index contributed by atoms with van der Waals surface area (Å²) in [6, 6.07) is 14.3. The van der Waals surface area contributed by atoms with Gasteiger partial charge in [0.1, 0.15) is 0 Å². The molecular formula is C20H20ClN3O. The van der Waals surface area contributed by atoms with Crippen LogP contribution in [0.2, 0.25) is 5.02 Å². The molecule has 0 heterocycles. The second kappa shape index (κ2) is 7.87. The molecule has 0 spiro atoms. The van der Waals surface area contributed by atoms with Crippen molar-refractivity contribution in [2.75, 3.05) is 10.7 Å². The molecule has 2 aromatic carbocycles. The van der Waals surface area contributed by atoms with Gasteiger partial charge in [-0.25, -0.2) is 0 Å². The third kappa shape index (κ3) is 5.37. The SMILES string of the molecule is C#Cc1ccc(N/N=C(/Nc2cccc(Cl)c2)C(=O)C(C)(C)C)cc1. The van der Waals surface area contributed by atoms with E-state index in [9.17, 15) is 4.79 Å². The monoisotopic (exact) mass is 353 g/mol. The molecule has 0 atom stereocenters. The Hall–Kier alpha value is -2.77. The van der Waals surface area contributed by atoms with Gasteiger partial charge in [0.05, 0.1) is 5.69 Å². The Morgan fingerprint density at radius 2 is 1.80 bits per heavy atom. The van der Waals surface area contributed by atoms with Gasteiger partial charge in [-0.3, -0.25) is 10.2 Å². The topological polar surface area (TPSA) is 53.5 Å². The van der Waals surface area contributed by atoms with Gasteiger partial charge in [-0.15, -0.1) is 6.42 Å². The van der Waals surface area contributed by atoms with E-state index in [-0.39, 0.29) is 11.6 Å². The summed E-state index contributed by atoms with van der Waals surface area (Å²) in [6.07, 6.45) is 5.34. The molecule has 0 aliphatic heterocycles. The predicted molar refractivity (Wildman–Crippen MR) is 105 cm³/mol. The zero-order chi connectivity index (χ0) is 18.4. The van der Waals surface area contributed by atoms with Crippen molar-refractivity contribution in [3.63, 3.8) is 0 Å². The molecule has 4 nitrogen and oxygen atoms in total. The van der Waals surface area contributed by atoms with Crippen LogP contribution in [0.1, 0.15) is 26.3 Å². The number of benzene rings is 2. The van der Waals surface area contributed by atoms with Crippen LogP contribution in [0.4, 0.5) is 11.4 Å². The first-order valence-corrected chi connectivity index (χ1v) is 8.15. The first-order valence-electron chi connectivity index (χ1n) is 7.77. The summed E-state index contributed by atoms with van der Waals surface area (Å²) >= 11 is 6.00. The fourth-order valence-corrected chi connectivity index (χ4v) is 2.15. The number of nitrogens with zero attached hydrogens (tertiary/aromatic N) is 1. The van der Waals surface area contributed by atoms with Crippen LogP contribution in [0, 0.1) is 17.8 Å². The number of amidine groups is 1. The number of Topliss-reactive ketones (excluding diaryl/α,β-unsaturated/α-hetero) is 1. The Morgan fingerprint density at radius 3 is 2.36 bits per heavy atom. The fraction of sp³-hybridized carbons (Fsp3) is 0.200. The zero-order valence-corrected chi connectivity index (χ0v) is 15.2. The Kier molecular flexibility index (Phi) is 5.84. The van der Waals surface area contributed by atoms with E-state index in [0.29, 0.717) is 10.7 Å². The molecule has 0 fully saturated rings. The quantitative estimate of drug-likeness (QED) is 0.360. The van der Waals surface area contributed by atoms with Gasteiger partial charge in [0.2, 0.25) is 5.78 Å². The second-order valence-electron chi connectivity index (χ2n) is 6.51. The van der Waals surface area contributed by atoms with Crippen LogP contribution < -0.4 is 10.7 Å². The van der Waals surface area contributed by atoms with Crippen molar-refractivity contribution in [3.05, 3.63) is 59.1 Å². The molecule has 0 radical (unpaired) electrons. The summed E-state index contributed by atoms with van der Waals surface area (Å²) < 4.78 is 0. The number of carbonyl (C=O) groups is 1.